The van der Waals surface area contributed by atoms with Crippen LogP contribution in [0, 0.1) is 6.92 Å². The van der Waals surface area contributed by atoms with Gasteiger partial charge in [-0.3, -0.25) is 0 Å². The van der Waals surface area contributed by atoms with Crippen LogP contribution < -0.4 is 4.74 Å². The van der Waals surface area contributed by atoms with Crippen molar-refractivity contribution in [3.05, 3.63) is 29.3 Å². The van der Waals surface area contributed by atoms with Crippen molar-refractivity contribution >= 4 is 6.16 Å². The van der Waals surface area contributed by atoms with Gasteiger partial charge in [0.05, 0.1) is 0 Å². The molecule has 0 saturated carbocycles. The molecule has 0 atom stereocenters. The highest BCUT2D eigenvalue weighted by Gasteiger charge is 2.09. The smallest absolute Gasteiger partial charge is 0.449 e. The summed E-state index contributed by atoms with van der Waals surface area (Å²) in [4.78, 5) is 10.5. The summed E-state index contributed by atoms with van der Waals surface area (Å²) in [6.07, 6.45) is 1.74. The summed E-state index contributed by atoms with van der Waals surface area (Å²) >= 11 is 0. The Labute approximate surface area is 89.7 Å². The highest BCUT2D eigenvalue weighted by Crippen LogP contribution is 2.24. The fraction of sp³-hybridized carbons (Fsp3) is 0.417. The number of benzene rings is 1. The van der Waals surface area contributed by atoms with Crippen molar-refractivity contribution in [1.82, 2.24) is 0 Å². The second-order valence-electron chi connectivity index (χ2n) is 3.52. The zero-order valence-corrected chi connectivity index (χ0v) is 9.12. The van der Waals surface area contributed by atoms with Gasteiger partial charge in [0.15, 0.2) is 0 Å². The van der Waals surface area contributed by atoms with E-state index in [1.807, 2.05) is 19.1 Å². The lowest BCUT2D eigenvalue weighted by molar-refractivity contribution is 0.144. The van der Waals surface area contributed by atoms with E-state index in [-0.39, 0.29) is 0 Å². The molecule has 0 fully saturated rings. The molecule has 0 radical (unpaired) electrons. The van der Waals surface area contributed by atoms with Gasteiger partial charge in [-0.1, -0.05) is 25.5 Å². The van der Waals surface area contributed by atoms with Crippen LogP contribution in [0.1, 0.15) is 30.9 Å². The molecule has 0 aliphatic carbocycles. The fourth-order valence-electron chi connectivity index (χ4n) is 1.54. The third-order valence-electron chi connectivity index (χ3n) is 2.34. The molecule has 3 heteroatoms. The highest BCUT2D eigenvalue weighted by atomic mass is 16.7. The summed E-state index contributed by atoms with van der Waals surface area (Å²) < 4.78 is 4.74. The van der Waals surface area contributed by atoms with Crippen LogP contribution >= 0.6 is 0 Å². The molecule has 1 N–H and O–H groups in total. The predicted molar refractivity (Wildman–Crippen MR) is 58.4 cm³/mol. The van der Waals surface area contributed by atoms with Gasteiger partial charge in [-0.15, -0.1) is 0 Å². The molecule has 0 aliphatic rings. The van der Waals surface area contributed by atoms with E-state index in [9.17, 15) is 4.79 Å². The van der Waals surface area contributed by atoms with Crippen molar-refractivity contribution in [2.45, 2.75) is 33.1 Å². The quantitative estimate of drug-likeness (QED) is 0.609. The van der Waals surface area contributed by atoms with E-state index in [1.165, 1.54) is 0 Å². The van der Waals surface area contributed by atoms with Crippen molar-refractivity contribution in [3.8, 4) is 5.75 Å². The molecule has 82 valence electrons. The SMILES string of the molecule is CCCCc1c(C)cccc1OC(=O)O. The first-order valence-electron chi connectivity index (χ1n) is 5.14. The van der Waals surface area contributed by atoms with Crippen LogP contribution in [0.15, 0.2) is 18.2 Å². The number of aryl methyl sites for hydroxylation is 1. The maximum atomic E-state index is 10.5. The second-order valence-corrected chi connectivity index (χ2v) is 3.52. The molecule has 1 aromatic carbocycles. The maximum Gasteiger partial charge on any atom is 0.511 e. The van der Waals surface area contributed by atoms with Gasteiger partial charge in [-0.25, -0.2) is 4.79 Å². The molecule has 3 nitrogen and oxygen atoms in total. The molecule has 0 amide bonds. The van der Waals surface area contributed by atoms with Gasteiger partial charge >= 0.3 is 6.16 Å². The first-order valence-corrected chi connectivity index (χ1v) is 5.14. The minimum absolute atomic E-state index is 0.468. The van der Waals surface area contributed by atoms with Crippen LogP contribution in [-0.2, 0) is 6.42 Å². The molecule has 0 bridgehead atoms. The van der Waals surface area contributed by atoms with Gasteiger partial charge in [-0.05, 0) is 37.0 Å². The van der Waals surface area contributed by atoms with Crippen molar-refractivity contribution in [2.75, 3.05) is 0 Å². The third kappa shape index (κ3) is 3.27. The van der Waals surface area contributed by atoms with Gasteiger partial charge in [0.2, 0.25) is 0 Å². The first kappa shape index (κ1) is 11.6. The average Bonchev–Trinajstić information content (AvgIpc) is 2.16. The summed E-state index contributed by atoms with van der Waals surface area (Å²) in [7, 11) is 0. The Morgan fingerprint density at radius 3 is 2.80 bits per heavy atom. The van der Waals surface area contributed by atoms with Crippen molar-refractivity contribution in [1.29, 1.82) is 0 Å². The molecule has 1 rings (SSSR count). The van der Waals surface area contributed by atoms with E-state index in [2.05, 4.69) is 6.92 Å². The summed E-state index contributed by atoms with van der Waals surface area (Å²) in [6, 6.07) is 5.48. The summed E-state index contributed by atoms with van der Waals surface area (Å²) in [5.41, 5.74) is 2.09. The Morgan fingerprint density at radius 1 is 1.47 bits per heavy atom. The van der Waals surface area contributed by atoms with Gasteiger partial charge < -0.3 is 9.84 Å². The van der Waals surface area contributed by atoms with Gasteiger partial charge in [0, 0.05) is 0 Å². The third-order valence-corrected chi connectivity index (χ3v) is 2.34. The van der Waals surface area contributed by atoms with Crippen molar-refractivity contribution < 1.29 is 14.6 Å². The molecule has 0 aliphatic heterocycles. The minimum Gasteiger partial charge on any atom is -0.449 e. The van der Waals surface area contributed by atoms with Crippen LogP contribution in [0.2, 0.25) is 0 Å². The van der Waals surface area contributed by atoms with E-state index in [4.69, 9.17) is 9.84 Å². The van der Waals surface area contributed by atoms with E-state index in [0.717, 1.165) is 30.4 Å². The molecule has 0 heterocycles. The van der Waals surface area contributed by atoms with Crippen molar-refractivity contribution in [3.63, 3.8) is 0 Å². The minimum atomic E-state index is -1.25. The number of unbranched alkanes of at least 4 members (excludes halogenated alkanes) is 1. The van der Waals surface area contributed by atoms with E-state index >= 15 is 0 Å². The molecule has 15 heavy (non-hydrogen) atoms. The number of hydrogen-bond donors (Lipinski definition) is 1. The Hall–Kier alpha value is -1.51. The molecule has 0 saturated heterocycles. The average molecular weight is 208 g/mol. The Bertz CT molecular complexity index is 345. The number of carboxylic acid groups (broad SMARTS) is 1. The molecule has 0 unspecified atom stereocenters. The summed E-state index contributed by atoms with van der Waals surface area (Å²) in [5, 5.41) is 8.59. The Balaban J connectivity index is 2.92. The molecular formula is C12H16O3. The second kappa shape index (κ2) is 5.39. The lowest BCUT2D eigenvalue weighted by atomic mass is 10.0. The van der Waals surface area contributed by atoms with Crippen LogP contribution in [0.25, 0.3) is 0 Å². The van der Waals surface area contributed by atoms with E-state index < -0.39 is 6.16 Å². The molecule has 0 aromatic heterocycles. The first-order chi connectivity index (χ1) is 7.15. The zero-order valence-electron chi connectivity index (χ0n) is 9.12. The van der Waals surface area contributed by atoms with Crippen LogP contribution in [-0.4, -0.2) is 11.3 Å². The lowest BCUT2D eigenvalue weighted by Crippen LogP contribution is -2.06. The van der Waals surface area contributed by atoms with Crippen LogP contribution in [0.4, 0.5) is 4.79 Å². The topological polar surface area (TPSA) is 46.5 Å². The number of rotatable bonds is 4. The highest BCUT2D eigenvalue weighted by molar-refractivity contribution is 5.62. The monoisotopic (exact) mass is 208 g/mol. The lowest BCUT2D eigenvalue weighted by Gasteiger charge is -2.10. The number of ether oxygens (including phenoxy) is 1. The standard InChI is InChI=1S/C12H16O3/c1-3-4-7-10-9(2)6-5-8-11(10)15-12(13)14/h5-6,8H,3-4,7H2,1-2H3,(H,13,14). The normalized spacial score (nSPS) is 10.0. The molecular weight excluding hydrogens is 192 g/mol. The number of hydrogen-bond acceptors (Lipinski definition) is 2. The summed E-state index contributed by atoms with van der Waals surface area (Å²) in [5.74, 6) is 0.468. The Kier molecular flexibility index (Phi) is 4.16. The maximum absolute atomic E-state index is 10.5. The van der Waals surface area contributed by atoms with E-state index in [1.54, 1.807) is 6.07 Å². The molecule has 1 aromatic rings. The zero-order chi connectivity index (χ0) is 11.3. The predicted octanol–water partition coefficient (Wildman–Crippen LogP) is 3.39. The summed E-state index contributed by atoms with van der Waals surface area (Å²) in [6.45, 7) is 4.08. The van der Waals surface area contributed by atoms with Crippen LogP contribution in [0.3, 0.4) is 0 Å². The number of carbonyl (C=O) groups is 1. The molecule has 0 spiro atoms. The largest absolute Gasteiger partial charge is 0.511 e. The van der Waals surface area contributed by atoms with E-state index in [0.29, 0.717) is 5.75 Å². The van der Waals surface area contributed by atoms with Gasteiger partial charge in [0.1, 0.15) is 5.75 Å². The van der Waals surface area contributed by atoms with Gasteiger partial charge in [0.25, 0.3) is 0 Å². The Morgan fingerprint density at radius 2 is 2.20 bits per heavy atom. The van der Waals surface area contributed by atoms with Crippen LogP contribution in [0.5, 0.6) is 5.75 Å². The van der Waals surface area contributed by atoms with Gasteiger partial charge in [-0.2, -0.15) is 0 Å². The van der Waals surface area contributed by atoms with Crippen molar-refractivity contribution in [2.24, 2.45) is 0 Å². The fourth-order valence-corrected chi connectivity index (χ4v) is 1.54.